The first-order valence-corrected chi connectivity index (χ1v) is 7.45. The number of hydrogen-bond acceptors (Lipinski definition) is 4. The third kappa shape index (κ3) is 3.12. The van der Waals surface area contributed by atoms with Crippen LogP contribution in [0.2, 0.25) is 0 Å². The summed E-state index contributed by atoms with van der Waals surface area (Å²) in [6.45, 7) is 0.577. The number of pyridine rings is 1. The fourth-order valence-corrected chi connectivity index (χ4v) is 2.93. The maximum atomic E-state index is 12.8. The van der Waals surface area contributed by atoms with Crippen molar-refractivity contribution in [2.75, 3.05) is 10.6 Å². The van der Waals surface area contributed by atoms with Crippen molar-refractivity contribution in [1.82, 2.24) is 4.98 Å². The van der Waals surface area contributed by atoms with Crippen LogP contribution in [-0.2, 0) is 12.7 Å². The molecule has 3 rings (SSSR count). The van der Waals surface area contributed by atoms with Gasteiger partial charge < -0.3 is 10.6 Å². The molecule has 7 heteroatoms. The number of halogens is 3. The van der Waals surface area contributed by atoms with Crippen LogP contribution in [0.4, 0.5) is 24.5 Å². The Kier molecular flexibility index (Phi) is 3.52. The normalized spacial score (nSPS) is 15.2. The summed E-state index contributed by atoms with van der Waals surface area (Å²) in [4.78, 5) is 6.46. The van der Waals surface area contributed by atoms with Gasteiger partial charge in [-0.1, -0.05) is 6.07 Å². The van der Waals surface area contributed by atoms with Crippen LogP contribution in [0.25, 0.3) is 0 Å². The van der Waals surface area contributed by atoms with Crippen LogP contribution in [0.1, 0.15) is 23.4 Å². The second kappa shape index (κ2) is 5.22. The molecule has 0 amide bonds. The fourth-order valence-electron chi connectivity index (χ4n) is 2.23. The zero-order valence-corrected chi connectivity index (χ0v) is 11.9. The number of nitrogens with zero attached hydrogens (tertiary/aromatic N) is 2. The lowest BCUT2D eigenvalue weighted by Gasteiger charge is -2.26. The van der Waals surface area contributed by atoms with Gasteiger partial charge >= 0.3 is 6.18 Å². The Morgan fingerprint density at radius 1 is 1.38 bits per heavy atom. The van der Waals surface area contributed by atoms with Gasteiger partial charge in [-0.05, 0) is 30.4 Å². The highest BCUT2D eigenvalue weighted by Crippen LogP contribution is 2.39. The first-order valence-electron chi connectivity index (χ1n) is 6.57. The van der Waals surface area contributed by atoms with E-state index in [9.17, 15) is 13.2 Å². The van der Waals surface area contributed by atoms with E-state index in [2.05, 4.69) is 4.98 Å². The Labute approximate surface area is 124 Å². The van der Waals surface area contributed by atoms with Crippen molar-refractivity contribution in [2.24, 2.45) is 0 Å². The molecular formula is C14H14F3N3S. The van der Waals surface area contributed by atoms with Crippen LogP contribution in [0.5, 0.6) is 0 Å². The Bertz CT molecular complexity index is 621. The maximum absolute atomic E-state index is 12.8. The average Bonchev–Trinajstić information content (AvgIpc) is 3.13. The van der Waals surface area contributed by atoms with E-state index in [4.69, 9.17) is 5.73 Å². The van der Waals surface area contributed by atoms with Crippen molar-refractivity contribution in [3.8, 4) is 0 Å². The molecule has 0 atom stereocenters. The molecule has 1 fully saturated rings. The van der Waals surface area contributed by atoms with Crippen LogP contribution in [-0.4, -0.2) is 11.0 Å². The highest BCUT2D eigenvalue weighted by molar-refractivity contribution is 7.09. The van der Waals surface area contributed by atoms with Crippen molar-refractivity contribution in [3.63, 3.8) is 0 Å². The second-order valence-electron chi connectivity index (χ2n) is 5.06. The van der Waals surface area contributed by atoms with E-state index in [1.165, 1.54) is 0 Å². The molecule has 0 saturated heterocycles. The molecule has 0 radical (unpaired) electrons. The third-order valence-corrected chi connectivity index (χ3v) is 4.27. The van der Waals surface area contributed by atoms with Gasteiger partial charge in [-0.3, -0.25) is 0 Å². The summed E-state index contributed by atoms with van der Waals surface area (Å²) in [5.74, 6) is 0. The molecule has 112 valence electrons. The quantitative estimate of drug-likeness (QED) is 0.930. The highest BCUT2D eigenvalue weighted by atomic mass is 32.1. The van der Waals surface area contributed by atoms with E-state index in [0.29, 0.717) is 12.2 Å². The molecular weight excluding hydrogens is 299 g/mol. The maximum Gasteiger partial charge on any atom is 0.433 e. The minimum absolute atomic E-state index is 0.262. The summed E-state index contributed by atoms with van der Waals surface area (Å²) in [6, 6.07) is 5.23. The summed E-state index contributed by atoms with van der Waals surface area (Å²) in [5, 5.41) is 1.96. The first-order chi connectivity index (χ1) is 9.95. The van der Waals surface area contributed by atoms with E-state index >= 15 is 0 Å². The van der Waals surface area contributed by atoms with Crippen LogP contribution in [0, 0.1) is 0 Å². The van der Waals surface area contributed by atoms with Gasteiger partial charge in [0, 0.05) is 10.9 Å². The molecule has 0 aromatic carbocycles. The molecule has 2 heterocycles. The Morgan fingerprint density at radius 3 is 2.71 bits per heavy atom. The van der Waals surface area contributed by atoms with E-state index < -0.39 is 11.9 Å². The number of nitrogens with two attached hydrogens (primary N) is 1. The van der Waals surface area contributed by atoms with Gasteiger partial charge in [-0.25, -0.2) is 4.98 Å². The minimum atomic E-state index is -4.46. The van der Waals surface area contributed by atoms with Gasteiger partial charge in [-0.2, -0.15) is 13.2 Å². The van der Waals surface area contributed by atoms with E-state index in [0.717, 1.165) is 30.0 Å². The lowest BCUT2D eigenvalue weighted by molar-refractivity contribution is -0.141. The fraction of sp³-hybridized carbons (Fsp3) is 0.357. The predicted octanol–water partition coefficient (Wildman–Crippen LogP) is 3.91. The molecule has 0 unspecified atom stereocenters. The summed E-state index contributed by atoms with van der Waals surface area (Å²) >= 11 is 1.59. The molecule has 0 aliphatic heterocycles. The number of aromatic nitrogens is 1. The largest absolute Gasteiger partial charge is 0.433 e. The molecule has 2 aromatic rings. The van der Waals surface area contributed by atoms with Crippen LogP contribution >= 0.6 is 11.3 Å². The number of anilines is 2. The van der Waals surface area contributed by atoms with Gasteiger partial charge in [0.25, 0.3) is 0 Å². The van der Waals surface area contributed by atoms with Crippen molar-refractivity contribution in [3.05, 3.63) is 40.3 Å². The monoisotopic (exact) mass is 313 g/mol. The van der Waals surface area contributed by atoms with Crippen LogP contribution in [0.15, 0.2) is 29.8 Å². The molecule has 1 aliphatic rings. The molecule has 21 heavy (non-hydrogen) atoms. The average molecular weight is 313 g/mol. The number of thiophene rings is 1. The van der Waals surface area contributed by atoms with E-state index in [1.54, 1.807) is 11.3 Å². The lowest BCUT2D eigenvalue weighted by atomic mass is 10.2. The Hall–Kier alpha value is -1.76. The predicted molar refractivity (Wildman–Crippen MR) is 77.2 cm³/mol. The van der Waals surface area contributed by atoms with E-state index in [1.807, 2.05) is 22.4 Å². The smallest absolute Gasteiger partial charge is 0.396 e. The van der Waals surface area contributed by atoms with Crippen molar-refractivity contribution in [1.29, 1.82) is 0 Å². The van der Waals surface area contributed by atoms with Gasteiger partial charge in [0.05, 0.1) is 24.1 Å². The van der Waals surface area contributed by atoms with Gasteiger partial charge in [-0.15, -0.1) is 11.3 Å². The first kappa shape index (κ1) is 14.2. The Balaban J connectivity index is 1.95. The van der Waals surface area contributed by atoms with Gasteiger partial charge in [0.15, 0.2) is 0 Å². The number of alkyl halides is 3. The summed E-state index contributed by atoms with van der Waals surface area (Å²) < 4.78 is 38.5. The highest BCUT2D eigenvalue weighted by Gasteiger charge is 2.36. The molecule has 0 spiro atoms. The zero-order chi connectivity index (χ0) is 15.0. The van der Waals surface area contributed by atoms with E-state index in [-0.39, 0.29) is 11.7 Å². The zero-order valence-electron chi connectivity index (χ0n) is 11.1. The molecule has 2 N–H and O–H groups in total. The van der Waals surface area contributed by atoms with Crippen molar-refractivity contribution < 1.29 is 13.2 Å². The molecule has 3 nitrogen and oxygen atoms in total. The summed E-state index contributed by atoms with van der Waals surface area (Å²) in [6.07, 6.45) is -1.40. The molecule has 0 bridgehead atoms. The Morgan fingerprint density at radius 2 is 2.14 bits per heavy atom. The summed E-state index contributed by atoms with van der Waals surface area (Å²) in [5.41, 5.74) is 5.67. The number of hydrogen-bond donors (Lipinski definition) is 1. The van der Waals surface area contributed by atoms with Crippen LogP contribution in [0.3, 0.4) is 0 Å². The van der Waals surface area contributed by atoms with Crippen LogP contribution < -0.4 is 10.6 Å². The van der Waals surface area contributed by atoms with Gasteiger partial charge in [0.1, 0.15) is 5.69 Å². The lowest BCUT2D eigenvalue weighted by Crippen LogP contribution is -2.26. The molecule has 2 aromatic heterocycles. The second-order valence-corrected chi connectivity index (χ2v) is 6.10. The topological polar surface area (TPSA) is 42.1 Å². The number of rotatable bonds is 4. The number of nitrogen functional groups attached to an aromatic ring is 1. The third-order valence-electron chi connectivity index (χ3n) is 3.41. The molecule has 1 saturated carbocycles. The minimum Gasteiger partial charge on any atom is -0.396 e. The van der Waals surface area contributed by atoms with Crippen molar-refractivity contribution in [2.45, 2.75) is 31.6 Å². The van der Waals surface area contributed by atoms with Gasteiger partial charge in [0.2, 0.25) is 0 Å². The standard InChI is InChI=1S/C14H14F3N3S/c15-14(16,17)13-6-12(11(18)7-19-13)20(9-3-4-9)8-10-2-1-5-21-10/h1-2,5-7,9H,3-4,8,18H2. The summed E-state index contributed by atoms with van der Waals surface area (Å²) in [7, 11) is 0. The molecule has 1 aliphatic carbocycles. The van der Waals surface area contributed by atoms with Crippen molar-refractivity contribution >= 4 is 22.7 Å². The SMILES string of the molecule is Nc1cnc(C(F)(F)F)cc1N(Cc1cccs1)C1CC1.